The van der Waals surface area contributed by atoms with Crippen LogP contribution in [-0.4, -0.2) is 45.3 Å². The average molecular weight is 340 g/mol. The summed E-state index contributed by atoms with van der Waals surface area (Å²) in [5, 5.41) is 7.68. The molecule has 25 heavy (non-hydrogen) atoms. The van der Waals surface area contributed by atoms with Crippen LogP contribution in [0.4, 0.5) is 10.6 Å². The molecule has 2 aromatic heterocycles. The summed E-state index contributed by atoms with van der Waals surface area (Å²) in [6.45, 7) is 7.04. The van der Waals surface area contributed by atoms with E-state index >= 15 is 0 Å². The Balaban J connectivity index is 1.62. The van der Waals surface area contributed by atoms with Gasteiger partial charge < -0.3 is 16.0 Å². The van der Waals surface area contributed by atoms with Gasteiger partial charge in [0.1, 0.15) is 5.82 Å². The number of hydrogen-bond donors (Lipinski definition) is 2. The monoisotopic (exact) mass is 340 g/mol. The molecule has 0 bridgehead atoms. The van der Waals surface area contributed by atoms with Crippen LogP contribution in [0.15, 0.2) is 18.3 Å². The molecule has 0 aliphatic carbocycles. The van der Waals surface area contributed by atoms with Gasteiger partial charge in [0.25, 0.3) is 0 Å². The molecule has 4 rings (SSSR count). The van der Waals surface area contributed by atoms with Gasteiger partial charge in [-0.15, -0.1) is 0 Å². The third-order valence-corrected chi connectivity index (χ3v) is 5.51. The highest BCUT2D eigenvalue weighted by atomic mass is 16.2. The van der Waals surface area contributed by atoms with E-state index in [1.165, 1.54) is 5.69 Å². The number of pyridine rings is 1. The summed E-state index contributed by atoms with van der Waals surface area (Å²) in [5.74, 6) is 0.556. The van der Waals surface area contributed by atoms with Crippen molar-refractivity contribution in [2.45, 2.75) is 38.6 Å². The predicted molar refractivity (Wildman–Crippen MR) is 96.2 cm³/mol. The van der Waals surface area contributed by atoms with Gasteiger partial charge in [-0.25, -0.2) is 9.78 Å². The first-order valence-corrected chi connectivity index (χ1v) is 8.86. The molecular weight excluding hydrogens is 316 g/mol. The minimum atomic E-state index is 0.0343. The number of nitrogens with one attached hydrogen (secondary N) is 1. The Morgan fingerprint density at radius 1 is 1.36 bits per heavy atom. The maximum atomic E-state index is 12.2. The summed E-state index contributed by atoms with van der Waals surface area (Å²) in [4.78, 5) is 18.3. The Morgan fingerprint density at radius 3 is 2.92 bits per heavy atom. The molecule has 0 unspecified atom stereocenters. The Kier molecular flexibility index (Phi) is 3.67. The third kappa shape index (κ3) is 2.54. The SMILES string of the molecule is CCNC(=O)N1CC[C@@]2(CCn3nc(-c4cnc(N)c(C)c4)cc32)C1. The van der Waals surface area contributed by atoms with Crippen molar-refractivity contribution in [3.05, 3.63) is 29.6 Å². The number of fused-ring (bicyclic) bond motifs is 2. The number of carbonyl (C=O) groups excluding carboxylic acids is 1. The lowest BCUT2D eigenvalue weighted by Crippen LogP contribution is -2.40. The van der Waals surface area contributed by atoms with Crippen LogP contribution in [0.1, 0.15) is 31.0 Å². The molecule has 1 fully saturated rings. The third-order valence-electron chi connectivity index (χ3n) is 5.51. The van der Waals surface area contributed by atoms with Crippen molar-refractivity contribution in [3.8, 4) is 11.3 Å². The van der Waals surface area contributed by atoms with Crippen LogP contribution in [0.25, 0.3) is 11.3 Å². The second kappa shape index (κ2) is 5.75. The van der Waals surface area contributed by atoms with Crippen LogP contribution in [0.2, 0.25) is 0 Å². The highest BCUT2D eigenvalue weighted by Gasteiger charge is 2.46. The maximum absolute atomic E-state index is 12.2. The van der Waals surface area contributed by atoms with E-state index in [0.29, 0.717) is 12.4 Å². The van der Waals surface area contributed by atoms with Gasteiger partial charge in [0.05, 0.1) is 5.69 Å². The van der Waals surface area contributed by atoms with Gasteiger partial charge in [-0.1, -0.05) is 0 Å². The predicted octanol–water partition coefficient (Wildman–Crippen LogP) is 1.91. The fourth-order valence-electron chi connectivity index (χ4n) is 4.05. The molecule has 2 aliphatic heterocycles. The van der Waals surface area contributed by atoms with Crippen molar-refractivity contribution in [2.24, 2.45) is 0 Å². The van der Waals surface area contributed by atoms with Gasteiger partial charge in [0.2, 0.25) is 0 Å². The highest BCUT2D eigenvalue weighted by molar-refractivity contribution is 5.74. The smallest absolute Gasteiger partial charge is 0.317 e. The summed E-state index contributed by atoms with van der Waals surface area (Å²) in [6.07, 6.45) is 3.82. The lowest BCUT2D eigenvalue weighted by atomic mass is 9.82. The van der Waals surface area contributed by atoms with E-state index in [9.17, 15) is 4.79 Å². The van der Waals surface area contributed by atoms with Gasteiger partial charge in [0, 0.05) is 49.0 Å². The van der Waals surface area contributed by atoms with E-state index in [4.69, 9.17) is 10.8 Å². The number of likely N-dealkylation sites (tertiary alicyclic amines) is 1. The van der Waals surface area contributed by atoms with Crippen LogP contribution in [-0.2, 0) is 12.0 Å². The van der Waals surface area contributed by atoms with Gasteiger partial charge >= 0.3 is 6.03 Å². The van der Waals surface area contributed by atoms with Crippen molar-refractivity contribution in [1.82, 2.24) is 25.0 Å². The number of aryl methyl sites for hydroxylation is 2. The number of nitrogens with two attached hydrogens (primary N) is 1. The molecule has 0 radical (unpaired) electrons. The second-order valence-corrected chi connectivity index (χ2v) is 7.10. The number of hydrogen-bond acceptors (Lipinski definition) is 4. The number of rotatable bonds is 2. The number of aromatic nitrogens is 3. The number of amides is 2. The molecule has 0 aromatic carbocycles. The Morgan fingerprint density at radius 2 is 2.16 bits per heavy atom. The molecule has 132 valence electrons. The zero-order chi connectivity index (χ0) is 17.6. The van der Waals surface area contributed by atoms with E-state index in [0.717, 1.165) is 49.3 Å². The van der Waals surface area contributed by atoms with E-state index in [1.807, 2.05) is 24.8 Å². The Labute approximate surface area is 147 Å². The normalized spacial score (nSPS) is 21.8. The summed E-state index contributed by atoms with van der Waals surface area (Å²) < 4.78 is 2.10. The quantitative estimate of drug-likeness (QED) is 0.874. The molecule has 0 saturated carbocycles. The molecule has 7 heteroatoms. The highest BCUT2D eigenvalue weighted by Crippen LogP contribution is 2.43. The standard InChI is InChI=1S/C18H24N6O/c1-3-20-17(25)23-6-4-18(11-23)5-7-24-15(18)9-14(22-24)13-8-12(2)16(19)21-10-13/h8-10H,3-7,11H2,1-2H3,(H2,19,21)(H,20,25)/t18-/m1/s1. The van der Waals surface area contributed by atoms with Crippen molar-refractivity contribution >= 4 is 11.8 Å². The topological polar surface area (TPSA) is 89.1 Å². The number of nitrogen functional groups attached to an aromatic ring is 1. The lowest BCUT2D eigenvalue weighted by molar-refractivity contribution is 0.206. The first-order valence-electron chi connectivity index (χ1n) is 8.86. The summed E-state index contributed by atoms with van der Waals surface area (Å²) in [5.41, 5.74) is 9.98. The molecule has 1 saturated heterocycles. The number of urea groups is 1. The van der Waals surface area contributed by atoms with E-state index in [1.54, 1.807) is 6.20 Å². The summed E-state index contributed by atoms with van der Waals surface area (Å²) in [7, 11) is 0. The van der Waals surface area contributed by atoms with Crippen LogP contribution in [0.3, 0.4) is 0 Å². The maximum Gasteiger partial charge on any atom is 0.317 e. The van der Waals surface area contributed by atoms with Gasteiger partial charge in [-0.05, 0) is 44.4 Å². The van der Waals surface area contributed by atoms with Crippen molar-refractivity contribution < 1.29 is 4.79 Å². The van der Waals surface area contributed by atoms with E-state index < -0.39 is 0 Å². The molecule has 4 heterocycles. The minimum Gasteiger partial charge on any atom is -0.383 e. The number of carbonyl (C=O) groups is 1. The molecule has 7 nitrogen and oxygen atoms in total. The molecular formula is C18H24N6O. The molecule has 2 amide bonds. The second-order valence-electron chi connectivity index (χ2n) is 7.10. The van der Waals surface area contributed by atoms with Gasteiger partial charge in [-0.2, -0.15) is 5.10 Å². The fourth-order valence-corrected chi connectivity index (χ4v) is 4.05. The molecule has 1 spiro atoms. The lowest BCUT2D eigenvalue weighted by Gasteiger charge is -2.23. The Hall–Kier alpha value is -2.57. The van der Waals surface area contributed by atoms with Crippen molar-refractivity contribution in [1.29, 1.82) is 0 Å². The first kappa shape index (κ1) is 15.9. The van der Waals surface area contributed by atoms with Crippen LogP contribution in [0.5, 0.6) is 0 Å². The first-order chi connectivity index (χ1) is 12.0. The van der Waals surface area contributed by atoms with Crippen molar-refractivity contribution in [2.75, 3.05) is 25.4 Å². The molecule has 2 aromatic rings. The number of anilines is 1. The van der Waals surface area contributed by atoms with Crippen LogP contribution >= 0.6 is 0 Å². The van der Waals surface area contributed by atoms with E-state index in [-0.39, 0.29) is 11.4 Å². The zero-order valence-electron chi connectivity index (χ0n) is 14.7. The summed E-state index contributed by atoms with van der Waals surface area (Å²) in [6, 6.07) is 4.24. The molecule has 3 N–H and O–H groups in total. The van der Waals surface area contributed by atoms with Gasteiger partial charge in [-0.3, -0.25) is 4.68 Å². The van der Waals surface area contributed by atoms with Gasteiger partial charge in [0.15, 0.2) is 0 Å². The van der Waals surface area contributed by atoms with Crippen molar-refractivity contribution in [3.63, 3.8) is 0 Å². The molecule has 1 atom stereocenters. The fraction of sp³-hybridized carbons (Fsp3) is 0.500. The van der Waals surface area contributed by atoms with Crippen LogP contribution in [0, 0.1) is 6.92 Å². The zero-order valence-corrected chi connectivity index (χ0v) is 14.7. The van der Waals surface area contributed by atoms with E-state index in [2.05, 4.69) is 21.0 Å². The average Bonchev–Trinajstić information content (AvgIpc) is 3.27. The molecule has 2 aliphatic rings. The largest absolute Gasteiger partial charge is 0.383 e. The number of nitrogens with zero attached hydrogens (tertiary/aromatic N) is 4. The van der Waals surface area contributed by atoms with Crippen LogP contribution < -0.4 is 11.1 Å². The summed E-state index contributed by atoms with van der Waals surface area (Å²) >= 11 is 0. The Bertz CT molecular complexity index is 829. The minimum absolute atomic E-state index is 0.0343.